The van der Waals surface area contributed by atoms with Crippen LogP contribution in [-0.2, 0) is 20.8 Å². The first-order chi connectivity index (χ1) is 12.7. The van der Waals surface area contributed by atoms with Gasteiger partial charge in [0.2, 0.25) is 0 Å². The van der Waals surface area contributed by atoms with E-state index in [1.54, 1.807) is 0 Å². The average Bonchev–Trinajstić information content (AvgIpc) is 3.15. The highest BCUT2D eigenvalue weighted by atomic mass is 16.6. The maximum Gasteiger partial charge on any atom is 0.251 e. The Hall–Kier alpha value is -2.77. The van der Waals surface area contributed by atoms with Crippen LogP contribution in [0.4, 0.5) is 0 Å². The number of benzene rings is 1. The maximum absolute atomic E-state index is 12.4. The van der Waals surface area contributed by atoms with Crippen LogP contribution >= 0.6 is 0 Å². The molecule has 1 aliphatic carbocycles. The zero-order valence-corrected chi connectivity index (χ0v) is 14.3. The van der Waals surface area contributed by atoms with E-state index in [0.717, 1.165) is 11.1 Å². The Labute approximate surface area is 150 Å². The number of ether oxygens (including phenoxy) is 2. The van der Waals surface area contributed by atoms with Gasteiger partial charge in [0.1, 0.15) is 23.6 Å². The van der Waals surface area contributed by atoms with Gasteiger partial charge in [-0.15, -0.1) is 0 Å². The Morgan fingerprint density at radius 3 is 2.73 bits per heavy atom. The number of aryl methyl sites for hydroxylation is 1. The van der Waals surface area contributed by atoms with Crippen LogP contribution < -0.4 is 5.32 Å². The molecule has 2 aromatic rings. The molecule has 4 rings (SSSR count). The first-order valence-electron chi connectivity index (χ1n) is 8.49. The molecule has 1 aliphatic heterocycles. The SMILES string of the molecule is Cc1ccc(-c2nonc2CNC(=O)C2COC3C=CC=CC3O2)cc1. The van der Waals surface area contributed by atoms with Crippen molar-refractivity contribution in [1.29, 1.82) is 0 Å². The van der Waals surface area contributed by atoms with Crippen LogP contribution in [0.25, 0.3) is 11.3 Å². The van der Waals surface area contributed by atoms with E-state index in [0.29, 0.717) is 11.4 Å². The number of nitrogens with one attached hydrogen (secondary N) is 1. The molecule has 3 atom stereocenters. The van der Waals surface area contributed by atoms with E-state index in [9.17, 15) is 4.79 Å². The second kappa shape index (κ2) is 7.23. The van der Waals surface area contributed by atoms with Gasteiger partial charge in [-0.3, -0.25) is 4.79 Å². The van der Waals surface area contributed by atoms with E-state index in [1.807, 2.05) is 55.5 Å². The Balaban J connectivity index is 1.38. The monoisotopic (exact) mass is 353 g/mol. The molecule has 7 nitrogen and oxygen atoms in total. The predicted octanol–water partition coefficient (Wildman–Crippen LogP) is 1.94. The molecule has 1 N–H and O–H groups in total. The number of carbonyl (C=O) groups excluding carboxylic acids is 1. The highest BCUT2D eigenvalue weighted by molar-refractivity contribution is 5.81. The van der Waals surface area contributed by atoms with Crippen molar-refractivity contribution in [2.75, 3.05) is 6.61 Å². The van der Waals surface area contributed by atoms with Crippen LogP contribution in [0, 0.1) is 6.92 Å². The highest BCUT2D eigenvalue weighted by Gasteiger charge is 2.33. The third-order valence-electron chi connectivity index (χ3n) is 4.40. The number of amides is 1. The largest absolute Gasteiger partial charge is 0.368 e. The van der Waals surface area contributed by atoms with Crippen LogP contribution in [0.5, 0.6) is 0 Å². The molecule has 2 aliphatic rings. The minimum absolute atomic E-state index is 0.128. The fourth-order valence-electron chi connectivity index (χ4n) is 2.94. The molecule has 0 spiro atoms. The smallest absolute Gasteiger partial charge is 0.251 e. The van der Waals surface area contributed by atoms with E-state index in [4.69, 9.17) is 14.1 Å². The zero-order chi connectivity index (χ0) is 17.9. The van der Waals surface area contributed by atoms with Crippen LogP contribution in [0.2, 0.25) is 0 Å². The van der Waals surface area contributed by atoms with E-state index < -0.39 is 6.10 Å². The molecule has 7 heteroatoms. The third kappa shape index (κ3) is 3.44. The Morgan fingerprint density at radius 2 is 1.92 bits per heavy atom. The van der Waals surface area contributed by atoms with Gasteiger partial charge in [-0.1, -0.05) is 59.3 Å². The molecule has 1 aromatic carbocycles. The number of hydrogen-bond acceptors (Lipinski definition) is 6. The Kier molecular flexibility index (Phi) is 4.64. The molecule has 0 saturated carbocycles. The third-order valence-corrected chi connectivity index (χ3v) is 4.40. The average molecular weight is 353 g/mol. The van der Waals surface area contributed by atoms with Gasteiger partial charge in [0, 0.05) is 5.56 Å². The maximum atomic E-state index is 12.4. The highest BCUT2D eigenvalue weighted by Crippen LogP contribution is 2.22. The molecule has 0 bridgehead atoms. The van der Waals surface area contributed by atoms with E-state index in [1.165, 1.54) is 0 Å². The van der Waals surface area contributed by atoms with Crippen molar-refractivity contribution in [2.45, 2.75) is 31.8 Å². The normalized spacial score (nSPS) is 24.3. The molecule has 2 heterocycles. The Bertz CT molecular complexity index is 841. The standard InChI is InChI=1S/C19H19N3O4/c1-12-6-8-13(9-7-12)18-14(21-26-22-18)10-20-19(23)17-11-24-15-4-2-3-5-16(15)25-17/h2-9,15-17H,10-11H2,1H3,(H,20,23). The summed E-state index contributed by atoms with van der Waals surface area (Å²) < 4.78 is 16.4. The molecule has 1 saturated heterocycles. The summed E-state index contributed by atoms with van der Waals surface area (Å²) >= 11 is 0. The van der Waals surface area contributed by atoms with Crippen molar-refractivity contribution in [3.8, 4) is 11.3 Å². The van der Waals surface area contributed by atoms with Crippen molar-refractivity contribution in [3.05, 3.63) is 59.8 Å². The molecule has 3 unspecified atom stereocenters. The van der Waals surface area contributed by atoms with Gasteiger partial charge in [0.25, 0.3) is 5.91 Å². The Morgan fingerprint density at radius 1 is 1.15 bits per heavy atom. The minimum atomic E-state index is -0.657. The summed E-state index contributed by atoms with van der Waals surface area (Å²) in [6.07, 6.45) is 6.59. The van der Waals surface area contributed by atoms with Crippen molar-refractivity contribution in [3.63, 3.8) is 0 Å². The second-order valence-corrected chi connectivity index (χ2v) is 6.30. The first-order valence-corrected chi connectivity index (χ1v) is 8.49. The summed E-state index contributed by atoms with van der Waals surface area (Å²) in [6, 6.07) is 7.87. The molecule has 1 amide bonds. The zero-order valence-electron chi connectivity index (χ0n) is 14.3. The van der Waals surface area contributed by atoms with Gasteiger partial charge in [-0.2, -0.15) is 0 Å². The summed E-state index contributed by atoms with van der Waals surface area (Å²) in [5, 5.41) is 10.7. The quantitative estimate of drug-likeness (QED) is 0.904. The molecule has 1 fully saturated rings. The number of aromatic nitrogens is 2. The minimum Gasteiger partial charge on any atom is -0.368 e. The van der Waals surface area contributed by atoms with Gasteiger partial charge in [-0.05, 0) is 12.1 Å². The molecule has 134 valence electrons. The van der Waals surface area contributed by atoms with E-state index >= 15 is 0 Å². The fraction of sp³-hybridized carbons (Fsp3) is 0.316. The lowest BCUT2D eigenvalue weighted by Gasteiger charge is -2.34. The number of nitrogens with zero attached hydrogens (tertiary/aromatic N) is 2. The van der Waals surface area contributed by atoms with Crippen molar-refractivity contribution in [1.82, 2.24) is 15.6 Å². The van der Waals surface area contributed by atoms with Gasteiger partial charge in [-0.25, -0.2) is 4.63 Å². The van der Waals surface area contributed by atoms with Crippen LogP contribution in [0.1, 0.15) is 11.3 Å². The van der Waals surface area contributed by atoms with E-state index in [-0.39, 0.29) is 31.3 Å². The summed E-state index contributed by atoms with van der Waals surface area (Å²) in [4.78, 5) is 12.4. The lowest BCUT2D eigenvalue weighted by molar-refractivity contribution is -0.168. The number of fused-ring (bicyclic) bond motifs is 1. The summed E-state index contributed by atoms with van der Waals surface area (Å²) in [7, 11) is 0. The van der Waals surface area contributed by atoms with Gasteiger partial charge < -0.3 is 14.8 Å². The van der Waals surface area contributed by atoms with Gasteiger partial charge in [0.05, 0.1) is 13.2 Å². The summed E-state index contributed by atoms with van der Waals surface area (Å²) in [5.74, 6) is -0.246. The summed E-state index contributed by atoms with van der Waals surface area (Å²) in [6.45, 7) is 2.43. The van der Waals surface area contributed by atoms with Crippen molar-refractivity contribution >= 4 is 5.91 Å². The molecule has 26 heavy (non-hydrogen) atoms. The summed E-state index contributed by atoms with van der Waals surface area (Å²) in [5.41, 5.74) is 3.23. The van der Waals surface area contributed by atoms with Crippen molar-refractivity contribution < 1.29 is 18.9 Å². The topological polar surface area (TPSA) is 86.5 Å². The molecule has 0 radical (unpaired) electrons. The first kappa shape index (κ1) is 16.7. The lowest BCUT2D eigenvalue weighted by atomic mass is 10.1. The molecular weight excluding hydrogens is 334 g/mol. The van der Waals surface area contributed by atoms with Crippen LogP contribution in [0.3, 0.4) is 0 Å². The van der Waals surface area contributed by atoms with Crippen LogP contribution in [0.15, 0.2) is 53.2 Å². The number of hydrogen-bond donors (Lipinski definition) is 1. The van der Waals surface area contributed by atoms with Crippen LogP contribution in [-0.4, -0.2) is 41.1 Å². The lowest BCUT2D eigenvalue weighted by Crippen LogP contribution is -2.49. The second-order valence-electron chi connectivity index (χ2n) is 6.30. The van der Waals surface area contributed by atoms with Gasteiger partial charge in [0.15, 0.2) is 6.10 Å². The number of rotatable bonds is 4. The number of allylic oxidation sites excluding steroid dienone is 2. The van der Waals surface area contributed by atoms with Gasteiger partial charge >= 0.3 is 0 Å². The molecule has 1 aromatic heterocycles. The molecular formula is C19H19N3O4. The van der Waals surface area contributed by atoms with E-state index in [2.05, 4.69) is 15.6 Å². The predicted molar refractivity (Wildman–Crippen MR) is 93.0 cm³/mol. The van der Waals surface area contributed by atoms with Crippen molar-refractivity contribution in [2.24, 2.45) is 0 Å². The number of carbonyl (C=O) groups is 1. The fourth-order valence-corrected chi connectivity index (χ4v) is 2.94.